The summed E-state index contributed by atoms with van der Waals surface area (Å²) in [6.45, 7) is 3.00. The Kier molecular flexibility index (Phi) is 5.15. The molecular formula is C18H22FN3O3. The standard InChI is InChI=1S/C18H22FN3O3/c1-13-9-15(21-25-13)10-20-12-18(24)7-4-8-22(17(18)23)11-14-5-2-3-6-16(14)19/h2-3,5-6,9,20,24H,4,7-8,10-12H2,1H3. The lowest BCUT2D eigenvalue weighted by Gasteiger charge is -2.38. The highest BCUT2D eigenvalue weighted by Gasteiger charge is 2.41. The predicted molar refractivity (Wildman–Crippen MR) is 88.9 cm³/mol. The Bertz CT molecular complexity index is 749. The molecule has 6 nitrogen and oxygen atoms in total. The number of aromatic nitrogens is 1. The molecule has 1 aliphatic rings. The number of benzene rings is 1. The van der Waals surface area contributed by atoms with Gasteiger partial charge in [0, 0.05) is 37.8 Å². The summed E-state index contributed by atoms with van der Waals surface area (Å²) in [5.74, 6) is -0.00454. The molecule has 1 atom stereocenters. The monoisotopic (exact) mass is 347 g/mol. The van der Waals surface area contributed by atoms with E-state index in [1.807, 2.05) is 0 Å². The van der Waals surface area contributed by atoms with E-state index in [9.17, 15) is 14.3 Å². The molecule has 1 aliphatic heterocycles. The number of nitrogens with one attached hydrogen (secondary N) is 1. The minimum atomic E-state index is -1.48. The molecule has 1 amide bonds. The first-order valence-corrected chi connectivity index (χ1v) is 8.36. The Morgan fingerprint density at radius 3 is 2.96 bits per heavy atom. The van der Waals surface area contributed by atoms with Crippen LogP contribution in [0.5, 0.6) is 0 Å². The first-order chi connectivity index (χ1) is 12.0. The number of carbonyl (C=O) groups is 1. The van der Waals surface area contributed by atoms with Crippen molar-refractivity contribution >= 4 is 5.91 Å². The zero-order chi connectivity index (χ0) is 17.9. The SMILES string of the molecule is Cc1cc(CNCC2(O)CCCN(Cc3ccccc3F)C2=O)no1. The highest BCUT2D eigenvalue weighted by atomic mass is 19.1. The molecule has 1 aromatic carbocycles. The summed E-state index contributed by atoms with van der Waals surface area (Å²) in [7, 11) is 0. The van der Waals surface area contributed by atoms with E-state index >= 15 is 0 Å². The molecule has 2 heterocycles. The highest BCUT2D eigenvalue weighted by Crippen LogP contribution is 2.24. The molecule has 134 valence electrons. The minimum absolute atomic E-state index is 0.117. The fraction of sp³-hybridized carbons (Fsp3) is 0.444. The molecule has 1 fully saturated rings. The lowest BCUT2D eigenvalue weighted by Crippen LogP contribution is -2.57. The van der Waals surface area contributed by atoms with E-state index in [-0.39, 0.29) is 24.8 Å². The smallest absolute Gasteiger partial charge is 0.256 e. The summed E-state index contributed by atoms with van der Waals surface area (Å²) >= 11 is 0. The number of hydrogen-bond donors (Lipinski definition) is 2. The molecule has 7 heteroatoms. The molecule has 1 aromatic heterocycles. The number of likely N-dealkylation sites (tertiary alicyclic amines) is 1. The van der Waals surface area contributed by atoms with Gasteiger partial charge in [0.2, 0.25) is 0 Å². The van der Waals surface area contributed by atoms with Crippen LogP contribution in [0.1, 0.15) is 29.9 Å². The van der Waals surface area contributed by atoms with E-state index in [1.54, 1.807) is 31.2 Å². The zero-order valence-corrected chi connectivity index (χ0v) is 14.2. The fourth-order valence-corrected chi connectivity index (χ4v) is 3.11. The molecule has 2 N–H and O–H groups in total. The second-order valence-corrected chi connectivity index (χ2v) is 6.49. The lowest BCUT2D eigenvalue weighted by molar-refractivity contribution is -0.157. The fourth-order valence-electron chi connectivity index (χ4n) is 3.11. The number of aryl methyl sites for hydroxylation is 1. The topological polar surface area (TPSA) is 78.6 Å². The van der Waals surface area contributed by atoms with E-state index in [0.717, 1.165) is 0 Å². The van der Waals surface area contributed by atoms with E-state index in [4.69, 9.17) is 4.52 Å². The van der Waals surface area contributed by atoms with Gasteiger partial charge >= 0.3 is 0 Å². The summed E-state index contributed by atoms with van der Waals surface area (Å²) in [5, 5.41) is 17.7. The van der Waals surface area contributed by atoms with Gasteiger partial charge in [-0.3, -0.25) is 4.79 Å². The maximum atomic E-state index is 13.8. The van der Waals surface area contributed by atoms with Crippen LogP contribution in [-0.2, 0) is 17.9 Å². The quantitative estimate of drug-likeness (QED) is 0.833. The number of hydrogen-bond acceptors (Lipinski definition) is 5. The first kappa shape index (κ1) is 17.6. The van der Waals surface area contributed by atoms with Crippen molar-refractivity contribution in [1.82, 2.24) is 15.4 Å². The molecule has 0 saturated carbocycles. The van der Waals surface area contributed by atoms with Crippen molar-refractivity contribution in [2.45, 2.75) is 38.5 Å². The van der Waals surface area contributed by atoms with E-state index in [0.29, 0.717) is 42.9 Å². The van der Waals surface area contributed by atoms with Gasteiger partial charge in [0.25, 0.3) is 5.91 Å². The Morgan fingerprint density at radius 2 is 2.24 bits per heavy atom. The average Bonchev–Trinajstić information content (AvgIpc) is 2.99. The van der Waals surface area contributed by atoms with Crippen molar-refractivity contribution in [3.05, 3.63) is 53.2 Å². The minimum Gasteiger partial charge on any atom is -0.379 e. The van der Waals surface area contributed by atoms with E-state index in [2.05, 4.69) is 10.5 Å². The highest BCUT2D eigenvalue weighted by molar-refractivity contribution is 5.86. The Balaban J connectivity index is 1.61. The van der Waals surface area contributed by atoms with E-state index in [1.165, 1.54) is 11.0 Å². The number of carbonyl (C=O) groups excluding carboxylic acids is 1. The van der Waals surface area contributed by atoms with Gasteiger partial charge in [-0.25, -0.2) is 4.39 Å². The Labute approximate surface area is 145 Å². The van der Waals surface area contributed by atoms with Gasteiger partial charge in [-0.15, -0.1) is 0 Å². The summed E-state index contributed by atoms with van der Waals surface area (Å²) in [4.78, 5) is 14.2. The molecule has 1 unspecified atom stereocenters. The number of nitrogens with zero attached hydrogens (tertiary/aromatic N) is 2. The third-order valence-corrected chi connectivity index (χ3v) is 4.42. The largest absolute Gasteiger partial charge is 0.379 e. The number of halogens is 1. The number of amides is 1. The predicted octanol–water partition coefficient (Wildman–Crippen LogP) is 1.77. The molecule has 3 rings (SSSR count). The molecular weight excluding hydrogens is 325 g/mol. The van der Waals surface area contributed by atoms with E-state index < -0.39 is 5.60 Å². The summed E-state index contributed by atoms with van der Waals surface area (Å²) in [6, 6.07) is 8.17. The van der Waals surface area contributed by atoms with Gasteiger partial charge in [0.05, 0.1) is 5.69 Å². The van der Waals surface area contributed by atoms with Crippen molar-refractivity contribution in [2.24, 2.45) is 0 Å². The normalized spacial score (nSPS) is 20.9. The second kappa shape index (κ2) is 7.33. The molecule has 1 saturated heterocycles. The van der Waals surface area contributed by atoms with Crippen LogP contribution in [0.3, 0.4) is 0 Å². The van der Waals surface area contributed by atoms with Gasteiger partial charge in [0.15, 0.2) is 5.60 Å². The van der Waals surface area contributed by atoms with Crippen LogP contribution in [0, 0.1) is 12.7 Å². The number of piperidine rings is 1. The third-order valence-electron chi connectivity index (χ3n) is 4.42. The van der Waals surface area contributed by atoms with Crippen LogP contribution in [-0.4, -0.2) is 39.8 Å². The van der Waals surface area contributed by atoms with Crippen molar-refractivity contribution in [1.29, 1.82) is 0 Å². The number of rotatable bonds is 6. The van der Waals surface area contributed by atoms with Crippen molar-refractivity contribution in [2.75, 3.05) is 13.1 Å². The Hall–Kier alpha value is -2.25. The maximum absolute atomic E-state index is 13.8. The Morgan fingerprint density at radius 1 is 1.44 bits per heavy atom. The van der Waals surface area contributed by atoms with Crippen LogP contribution in [0.15, 0.2) is 34.9 Å². The molecule has 25 heavy (non-hydrogen) atoms. The molecule has 2 aromatic rings. The van der Waals surface area contributed by atoms with Gasteiger partial charge in [0.1, 0.15) is 11.6 Å². The second-order valence-electron chi connectivity index (χ2n) is 6.49. The molecule has 0 aliphatic carbocycles. The summed E-state index contributed by atoms with van der Waals surface area (Å²) < 4.78 is 18.8. The average molecular weight is 347 g/mol. The molecule has 0 spiro atoms. The van der Waals surface area contributed by atoms with Crippen molar-refractivity contribution < 1.29 is 18.8 Å². The van der Waals surface area contributed by atoms with Crippen LogP contribution in [0.25, 0.3) is 0 Å². The maximum Gasteiger partial charge on any atom is 0.256 e. The van der Waals surface area contributed by atoms with Crippen LogP contribution >= 0.6 is 0 Å². The number of aliphatic hydroxyl groups is 1. The summed E-state index contributed by atoms with van der Waals surface area (Å²) in [6.07, 6.45) is 1.05. The molecule has 0 bridgehead atoms. The summed E-state index contributed by atoms with van der Waals surface area (Å²) in [5.41, 5.74) is -0.318. The van der Waals surface area contributed by atoms with Crippen LogP contribution < -0.4 is 5.32 Å². The van der Waals surface area contributed by atoms with Gasteiger partial charge < -0.3 is 19.8 Å². The lowest BCUT2D eigenvalue weighted by atomic mass is 9.91. The van der Waals surface area contributed by atoms with Gasteiger partial charge in [-0.05, 0) is 25.8 Å². The first-order valence-electron chi connectivity index (χ1n) is 8.36. The van der Waals surface area contributed by atoms with Crippen LogP contribution in [0.4, 0.5) is 4.39 Å². The molecule has 0 radical (unpaired) electrons. The van der Waals surface area contributed by atoms with Crippen LogP contribution in [0.2, 0.25) is 0 Å². The van der Waals surface area contributed by atoms with Crippen molar-refractivity contribution in [3.63, 3.8) is 0 Å². The van der Waals surface area contributed by atoms with Gasteiger partial charge in [-0.2, -0.15) is 0 Å². The van der Waals surface area contributed by atoms with Gasteiger partial charge in [-0.1, -0.05) is 23.4 Å². The third kappa shape index (κ3) is 4.05. The van der Waals surface area contributed by atoms with Crippen molar-refractivity contribution in [3.8, 4) is 0 Å². The zero-order valence-electron chi connectivity index (χ0n) is 14.2.